The predicted molar refractivity (Wildman–Crippen MR) is 139 cm³/mol. The second-order valence-corrected chi connectivity index (χ2v) is 9.22. The van der Waals surface area contributed by atoms with Gasteiger partial charge in [-0.15, -0.1) is 0 Å². The molecule has 21 heteroatoms. The van der Waals surface area contributed by atoms with E-state index in [0.717, 1.165) is 55.4 Å². The maximum Gasteiger partial charge on any atom is 4.00 e. The van der Waals surface area contributed by atoms with E-state index in [1.807, 2.05) is 0 Å². The minimum absolute atomic E-state index is 0. The van der Waals surface area contributed by atoms with Crippen molar-refractivity contribution in [2.24, 2.45) is 23.7 Å². The number of ketones is 12. The molecular weight excluding hydrogens is 757 g/mol. The Morgan fingerprint density at radius 2 is 0.347 bits per heavy atom. The maximum absolute atomic E-state index is 10.6. The number of carbonyl (C=O) groups excluding carboxylic acids is 16. The molecule has 0 aromatic carbocycles. The van der Waals surface area contributed by atoms with Crippen molar-refractivity contribution in [2.45, 2.75) is 55.4 Å². The number of carbonyl (C=O) groups is 16. The Morgan fingerprint density at radius 1 is 0.265 bits per heavy atom. The summed E-state index contributed by atoms with van der Waals surface area (Å²) in [6, 6.07) is 0. The van der Waals surface area contributed by atoms with Gasteiger partial charge in [-0.3, -0.25) is 57.5 Å². The van der Waals surface area contributed by atoms with Crippen molar-refractivity contribution in [1.29, 1.82) is 0 Å². The third-order valence-corrected chi connectivity index (χ3v) is 5.11. The summed E-state index contributed by atoms with van der Waals surface area (Å²) < 4.78 is 0. The maximum atomic E-state index is 10.6. The zero-order valence-electron chi connectivity index (χ0n) is 26.8. The van der Waals surface area contributed by atoms with E-state index >= 15 is 0 Å². The number of carboxylic acids is 4. The number of carboxylic acid groups (broad SMARTS) is 4. The van der Waals surface area contributed by atoms with Gasteiger partial charge >= 0.3 is 19.5 Å². The van der Waals surface area contributed by atoms with Crippen molar-refractivity contribution < 1.29 is 117 Å². The summed E-state index contributed by atoms with van der Waals surface area (Å²) in [6.07, 6.45) is 0. The molecule has 0 bridgehead atoms. The normalized spacial score (nSPS) is 9.39. The smallest absolute Gasteiger partial charge is 0.542 e. The molecule has 0 aliphatic rings. The summed E-state index contributed by atoms with van der Waals surface area (Å²) in [5.41, 5.74) is 0. The van der Waals surface area contributed by atoms with Crippen LogP contribution in [0.15, 0.2) is 0 Å². The molecule has 0 rings (SSSR count). The Hall–Kier alpha value is -5.46. The van der Waals surface area contributed by atoms with Gasteiger partial charge in [0.05, 0.1) is 0 Å². The first-order valence-corrected chi connectivity index (χ1v) is 12.5. The van der Waals surface area contributed by atoms with Crippen LogP contribution in [0.5, 0.6) is 0 Å². The van der Waals surface area contributed by atoms with E-state index in [-0.39, 0.29) is 19.5 Å². The van der Waals surface area contributed by atoms with Gasteiger partial charge in [-0.2, -0.15) is 0 Å². The van der Waals surface area contributed by atoms with E-state index in [2.05, 4.69) is 0 Å². The summed E-state index contributed by atoms with van der Waals surface area (Å²) >= 11 is 0. The van der Waals surface area contributed by atoms with Crippen LogP contribution in [-0.4, -0.2) is 93.3 Å². The molecule has 0 amide bonds. The molecule has 0 unspecified atom stereocenters. The van der Waals surface area contributed by atoms with Crippen LogP contribution in [0, 0.1) is 23.7 Å². The molecule has 0 aliphatic heterocycles. The fraction of sp³-hybridized carbons (Fsp3) is 0.429. The van der Waals surface area contributed by atoms with Gasteiger partial charge in [-0.05, 0) is 55.4 Å². The molecule has 0 heterocycles. The zero-order valence-corrected chi connectivity index (χ0v) is 28.6. The number of hydrogen-bond acceptors (Lipinski definition) is 20. The Balaban J connectivity index is -0.000000174. The molecule has 0 spiro atoms. The third kappa shape index (κ3) is 20.4. The minimum Gasteiger partial charge on any atom is -0.542 e. The average molecular weight is 786 g/mol. The molecule has 49 heavy (non-hydrogen) atoms. The molecule has 0 atom stereocenters. The van der Waals surface area contributed by atoms with Crippen LogP contribution in [0.3, 0.4) is 0 Å². The van der Waals surface area contributed by atoms with Crippen molar-refractivity contribution in [3.8, 4) is 0 Å². The monoisotopic (exact) mass is 786 g/mol. The van der Waals surface area contributed by atoms with Crippen molar-refractivity contribution in [3.63, 3.8) is 0 Å². The number of Topliss-reactive ketones (excluding diaryl/α,β-unsaturated/α-hetero) is 12. The van der Waals surface area contributed by atoms with Crippen molar-refractivity contribution >= 4 is 93.3 Å². The van der Waals surface area contributed by atoms with E-state index in [9.17, 15) is 97.1 Å². The third-order valence-electron chi connectivity index (χ3n) is 5.11. The second-order valence-electron chi connectivity index (χ2n) is 9.22. The van der Waals surface area contributed by atoms with Crippen LogP contribution < -0.4 is 20.4 Å². The number of hydrogen-bond donors (Lipinski definition) is 0. The molecule has 0 aromatic rings. The van der Waals surface area contributed by atoms with Gasteiger partial charge in [-0.1, -0.05) is 0 Å². The van der Waals surface area contributed by atoms with Gasteiger partial charge in [-0.25, -0.2) is 0 Å². The summed E-state index contributed by atoms with van der Waals surface area (Å²) in [5.74, 6) is -27.0. The average Bonchev–Trinajstić information content (AvgIpc) is 2.87. The topological polar surface area (TPSA) is 365 Å². The summed E-state index contributed by atoms with van der Waals surface area (Å²) in [4.78, 5) is 167. The predicted octanol–water partition coefficient (Wildman–Crippen LogP) is -7.60. The summed E-state index contributed by atoms with van der Waals surface area (Å²) in [6.45, 7) is 7.83. The van der Waals surface area contributed by atoms with E-state index in [4.69, 9.17) is 0 Å². The SMILES string of the molecule is CC(=O)C(C(C)=O)C(=O)C(=O)[O-].CC(=O)C(C(C)=O)C(=O)C(=O)[O-].CC(=O)C(C(C)=O)C(=O)C(=O)[O-].CC(=O)C(C(C)=O)C(=O)C(=O)[O-].[Ru+4]. The Labute approximate surface area is 288 Å². The quantitative estimate of drug-likeness (QED) is 0.0796. The van der Waals surface area contributed by atoms with Crippen LogP contribution in [0.1, 0.15) is 55.4 Å². The first-order valence-electron chi connectivity index (χ1n) is 12.5. The second kappa shape index (κ2) is 24.7. The summed E-state index contributed by atoms with van der Waals surface area (Å²) in [7, 11) is 0. The molecule has 0 radical (unpaired) electrons. The van der Waals surface area contributed by atoms with Crippen LogP contribution >= 0.6 is 0 Å². The van der Waals surface area contributed by atoms with Gasteiger partial charge in [0.2, 0.25) is 0 Å². The molecule has 0 fully saturated rings. The van der Waals surface area contributed by atoms with Crippen molar-refractivity contribution in [1.82, 2.24) is 0 Å². The van der Waals surface area contributed by atoms with Gasteiger partial charge in [0.15, 0.2) is 23.1 Å². The number of rotatable bonds is 16. The largest absolute Gasteiger partial charge is 4.00 e. The van der Waals surface area contributed by atoms with Crippen molar-refractivity contribution in [2.75, 3.05) is 0 Å². The standard InChI is InChI=1S/4C7H8O5.Ru/c4*1-3(8)5(4(2)9)6(10)7(11)12;/h4*5H,1-2H3,(H,11,12);/q;;;;+4/p-4. The molecule has 0 saturated heterocycles. The van der Waals surface area contributed by atoms with Gasteiger partial charge in [0.25, 0.3) is 0 Å². The zero-order chi connectivity index (χ0) is 39.5. The molecule has 0 saturated carbocycles. The molecule has 0 N–H and O–H groups in total. The molecule has 0 aliphatic carbocycles. The van der Waals surface area contributed by atoms with Gasteiger partial charge in [0.1, 0.15) is 93.8 Å². The molecule has 268 valence electrons. The first-order chi connectivity index (χ1) is 21.5. The Bertz CT molecular complexity index is 1180. The fourth-order valence-corrected chi connectivity index (χ4v) is 3.09. The van der Waals surface area contributed by atoms with E-state index < -0.39 is 117 Å². The molecule has 20 nitrogen and oxygen atoms in total. The Kier molecular flexibility index (Phi) is 26.7. The molecule has 0 aromatic heterocycles. The van der Waals surface area contributed by atoms with Crippen LogP contribution in [-0.2, 0) is 96.2 Å². The van der Waals surface area contributed by atoms with Crippen LogP contribution in [0.25, 0.3) is 0 Å². The van der Waals surface area contributed by atoms with E-state index in [1.54, 1.807) is 0 Å². The van der Waals surface area contributed by atoms with E-state index in [1.165, 1.54) is 0 Å². The van der Waals surface area contributed by atoms with Crippen LogP contribution in [0.2, 0.25) is 0 Å². The molecular formula is C28H28O20Ru. The fourth-order valence-electron chi connectivity index (χ4n) is 3.09. The first kappa shape index (κ1) is 53.1. The Morgan fingerprint density at radius 3 is 0.367 bits per heavy atom. The minimum atomic E-state index is -2.01. The van der Waals surface area contributed by atoms with Crippen molar-refractivity contribution in [3.05, 3.63) is 0 Å². The van der Waals surface area contributed by atoms with Gasteiger partial charge < -0.3 is 39.6 Å². The van der Waals surface area contributed by atoms with Gasteiger partial charge in [0, 0.05) is 0 Å². The summed E-state index contributed by atoms with van der Waals surface area (Å²) in [5, 5.41) is 39.9. The van der Waals surface area contributed by atoms with E-state index in [0.29, 0.717) is 0 Å². The number of aliphatic carboxylic acids is 4. The van der Waals surface area contributed by atoms with Crippen LogP contribution in [0.4, 0.5) is 0 Å².